The molecule has 0 bridgehead atoms. The number of carbonyl (C=O) groups excluding carboxylic acids is 2. The summed E-state index contributed by atoms with van der Waals surface area (Å²) < 4.78 is 1.17. The number of piperidine rings is 2. The number of pyridine rings is 1. The highest BCUT2D eigenvalue weighted by Gasteiger charge is 2.36. The van der Waals surface area contributed by atoms with Crippen LogP contribution in [0, 0.1) is 5.92 Å². The summed E-state index contributed by atoms with van der Waals surface area (Å²) in [5.74, 6) is 0.0567. The van der Waals surface area contributed by atoms with E-state index < -0.39 is 11.8 Å². The molecule has 0 saturated carbocycles. The molecule has 3 atom stereocenters. The summed E-state index contributed by atoms with van der Waals surface area (Å²) in [6, 6.07) is 8.00. The lowest BCUT2D eigenvalue weighted by atomic mass is 9.83. The van der Waals surface area contributed by atoms with E-state index in [2.05, 4.69) is 61.2 Å². The van der Waals surface area contributed by atoms with Crippen LogP contribution in [0.4, 0.5) is 11.5 Å². The number of aryl methyl sites for hydroxylation is 1. The monoisotopic (exact) mass is 548 g/mol. The number of carbonyl (C=O) groups is 2. The maximum Gasteiger partial charge on any atom is 0.313 e. The van der Waals surface area contributed by atoms with Gasteiger partial charge in [-0.25, -0.2) is 9.97 Å². The Kier molecular flexibility index (Phi) is 7.66. The van der Waals surface area contributed by atoms with Gasteiger partial charge in [0.05, 0.1) is 33.2 Å². The van der Waals surface area contributed by atoms with Gasteiger partial charge in [-0.05, 0) is 94.8 Å². The quantitative estimate of drug-likeness (QED) is 0.425. The van der Waals surface area contributed by atoms with E-state index in [-0.39, 0.29) is 11.6 Å². The molecule has 208 valence electrons. The van der Waals surface area contributed by atoms with Gasteiger partial charge in [-0.3, -0.25) is 9.59 Å². The normalized spacial score (nSPS) is 23.6. The molecule has 9 heteroatoms. The van der Waals surface area contributed by atoms with Gasteiger partial charge in [0.15, 0.2) is 0 Å². The highest BCUT2D eigenvalue weighted by Crippen LogP contribution is 2.41. The number of nitrogens with two attached hydrogens (primary N) is 1. The fourth-order valence-electron chi connectivity index (χ4n) is 5.98. The number of thiazole rings is 1. The molecular weight excluding hydrogens is 508 g/mol. The number of aromatic nitrogens is 2. The summed E-state index contributed by atoms with van der Waals surface area (Å²) in [6.45, 7) is 10.3. The van der Waals surface area contributed by atoms with Gasteiger partial charge in [0.25, 0.3) is 0 Å². The first kappa shape index (κ1) is 27.5. The van der Waals surface area contributed by atoms with E-state index in [0.717, 1.165) is 48.9 Å². The van der Waals surface area contributed by atoms with Crippen molar-refractivity contribution in [2.45, 2.75) is 77.3 Å². The van der Waals surface area contributed by atoms with Crippen molar-refractivity contribution < 1.29 is 9.59 Å². The minimum Gasteiger partial charge on any atom is -0.383 e. The van der Waals surface area contributed by atoms with Gasteiger partial charge in [-0.15, -0.1) is 11.3 Å². The van der Waals surface area contributed by atoms with Crippen molar-refractivity contribution in [1.29, 1.82) is 0 Å². The summed E-state index contributed by atoms with van der Waals surface area (Å²) in [4.78, 5) is 40.0. The van der Waals surface area contributed by atoms with E-state index >= 15 is 0 Å². The molecule has 0 unspecified atom stereocenters. The van der Waals surface area contributed by atoms with E-state index in [4.69, 9.17) is 10.7 Å². The van der Waals surface area contributed by atoms with Gasteiger partial charge in [-0.2, -0.15) is 0 Å². The summed E-state index contributed by atoms with van der Waals surface area (Å²) in [7, 11) is 2.20. The Morgan fingerprint density at radius 2 is 2.00 bits per heavy atom. The van der Waals surface area contributed by atoms with Crippen LogP contribution in [0.2, 0.25) is 0 Å². The Hall–Kier alpha value is -3.04. The van der Waals surface area contributed by atoms with Crippen LogP contribution in [0.15, 0.2) is 30.5 Å². The van der Waals surface area contributed by atoms with Crippen molar-refractivity contribution in [3.05, 3.63) is 46.6 Å². The third kappa shape index (κ3) is 5.65. The first-order valence-corrected chi connectivity index (χ1v) is 14.8. The van der Waals surface area contributed by atoms with Gasteiger partial charge < -0.3 is 20.9 Å². The van der Waals surface area contributed by atoms with Gasteiger partial charge in [0.1, 0.15) is 5.82 Å². The maximum atomic E-state index is 13.5. The number of benzene rings is 1. The average Bonchev–Trinajstić information content (AvgIpc) is 3.34. The molecule has 5 rings (SSSR count). The van der Waals surface area contributed by atoms with Crippen molar-refractivity contribution >= 4 is 44.9 Å². The number of hydrogen-bond acceptors (Lipinski definition) is 7. The molecule has 2 amide bonds. The minimum absolute atomic E-state index is 0.159. The molecule has 2 aliphatic heterocycles. The number of nitrogens with zero attached hydrogens (tertiary/aromatic N) is 4. The van der Waals surface area contributed by atoms with Gasteiger partial charge in [0.2, 0.25) is 0 Å². The van der Waals surface area contributed by atoms with Gasteiger partial charge in [-0.1, -0.05) is 19.9 Å². The Bertz CT molecular complexity index is 1390. The predicted octanol–water partition coefficient (Wildman–Crippen LogP) is 5.36. The number of nitrogens with one attached hydrogen (secondary N) is 1. The van der Waals surface area contributed by atoms with Crippen LogP contribution in [-0.2, 0) is 16.0 Å². The standard InChI is InChI=1S/C30H40N6O2S/c1-6-19-13-22(16-32-26(19)31)33-27(37)29(38)36-17-18(2)7-9-24(36)20-8-10-25-23(14-20)34-28(39-25)21-11-12-35(5)30(3,4)15-21/h8,10,13-14,16,18,21,24H,6-7,9,11-12,15,17H2,1-5H3,(H2,31,32)(H,33,37)/t18-,21+,24+/m0/s1. The second-order valence-corrected chi connectivity index (χ2v) is 13.0. The molecule has 2 fully saturated rings. The fourth-order valence-corrected chi connectivity index (χ4v) is 7.06. The van der Waals surface area contributed by atoms with Crippen LogP contribution < -0.4 is 11.1 Å². The van der Waals surface area contributed by atoms with E-state index in [1.54, 1.807) is 22.3 Å². The molecular formula is C30H40N6O2S. The van der Waals surface area contributed by atoms with Crippen molar-refractivity contribution in [3.8, 4) is 0 Å². The molecule has 3 aromatic rings. The van der Waals surface area contributed by atoms with Crippen molar-refractivity contribution in [2.24, 2.45) is 5.92 Å². The summed E-state index contributed by atoms with van der Waals surface area (Å²) in [6.07, 6.45) is 6.22. The number of rotatable bonds is 4. The SMILES string of the molecule is CCc1cc(NC(=O)C(=O)N2C[C@@H](C)CC[C@@H]2c2ccc3sc([C@@H]4CCN(C)C(C)(C)C4)nc3c2)cnc1N. The molecule has 0 radical (unpaired) electrons. The zero-order chi connectivity index (χ0) is 27.9. The first-order chi connectivity index (χ1) is 18.6. The molecule has 0 aliphatic carbocycles. The number of likely N-dealkylation sites (tertiary alicyclic amines) is 2. The summed E-state index contributed by atoms with van der Waals surface area (Å²) >= 11 is 1.79. The Balaban J connectivity index is 1.36. The van der Waals surface area contributed by atoms with Crippen LogP contribution in [0.1, 0.15) is 81.5 Å². The first-order valence-electron chi connectivity index (χ1n) is 14.0. The number of hydrogen-bond donors (Lipinski definition) is 2. The number of anilines is 2. The lowest BCUT2D eigenvalue weighted by Crippen LogP contribution is -2.46. The third-order valence-corrected chi connectivity index (χ3v) is 9.87. The summed E-state index contributed by atoms with van der Waals surface area (Å²) in [5.41, 5.74) is 9.40. The highest BCUT2D eigenvalue weighted by molar-refractivity contribution is 7.18. The van der Waals surface area contributed by atoms with Crippen molar-refractivity contribution in [1.82, 2.24) is 19.8 Å². The molecule has 3 N–H and O–H groups in total. The second kappa shape index (κ2) is 10.8. The topological polar surface area (TPSA) is 104 Å². The average molecular weight is 549 g/mol. The molecule has 4 heterocycles. The number of amides is 2. The van der Waals surface area contributed by atoms with Crippen LogP contribution in [0.3, 0.4) is 0 Å². The maximum absolute atomic E-state index is 13.5. The number of nitrogen functional groups attached to an aromatic ring is 1. The predicted molar refractivity (Wildman–Crippen MR) is 158 cm³/mol. The molecule has 2 aromatic heterocycles. The third-order valence-electron chi connectivity index (χ3n) is 8.67. The second-order valence-electron chi connectivity index (χ2n) is 11.9. The fraction of sp³-hybridized carbons (Fsp3) is 0.533. The van der Waals surface area contributed by atoms with E-state index in [9.17, 15) is 9.59 Å². The molecule has 0 spiro atoms. The molecule has 2 aliphatic rings. The zero-order valence-corrected chi connectivity index (χ0v) is 24.5. The highest BCUT2D eigenvalue weighted by atomic mass is 32.1. The molecule has 8 nitrogen and oxygen atoms in total. The van der Waals surface area contributed by atoms with Crippen molar-refractivity contribution in [2.75, 3.05) is 31.2 Å². The molecule has 1 aromatic carbocycles. The zero-order valence-electron chi connectivity index (χ0n) is 23.7. The smallest absolute Gasteiger partial charge is 0.313 e. The van der Waals surface area contributed by atoms with Gasteiger partial charge >= 0.3 is 11.8 Å². The Labute approximate surface area is 235 Å². The van der Waals surface area contributed by atoms with E-state index in [1.807, 2.05) is 6.92 Å². The Morgan fingerprint density at radius 1 is 1.21 bits per heavy atom. The lowest BCUT2D eigenvalue weighted by Gasteiger charge is -2.43. The lowest BCUT2D eigenvalue weighted by molar-refractivity contribution is -0.146. The minimum atomic E-state index is -0.648. The van der Waals surface area contributed by atoms with Crippen LogP contribution in [0.5, 0.6) is 0 Å². The Morgan fingerprint density at radius 3 is 2.74 bits per heavy atom. The van der Waals surface area contributed by atoms with Crippen LogP contribution >= 0.6 is 11.3 Å². The molecule has 39 heavy (non-hydrogen) atoms. The van der Waals surface area contributed by atoms with Crippen LogP contribution in [0.25, 0.3) is 10.2 Å². The van der Waals surface area contributed by atoms with Crippen molar-refractivity contribution in [3.63, 3.8) is 0 Å². The largest absolute Gasteiger partial charge is 0.383 e. The van der Waals surface area contributed by atoms with Crippen LogP contribution in [-0.4, -0.2) is 57.3 Å². The summed E-state index contributed by atoms with van der Waals surface area (Å²) in [5, 5.41) is 3.95. The van der Waals surface area contributed by atoms with E-state index in [1.165, 1.54) is 15.9 Å². The number of fused-ring (bicyclic) bond motifs is 1. The molecule has 2 saturated heterocycles. The van der Waals surface area contributed by atoms with Gasteiger partial charge in [0, 0.05) is 18.0 Å². The van der Waals surface area contributed by atoms with E-state index in [0.29, 0.717) is 36.3 Å².